The fourth-order valence-corrected chi connectivity index (χ4v) is 3.47. The Morgan fingerprint density at radius 3 is 2.23 bits per heavy atom. The Labute approximate surface area is 172 Å². The minimum absolute atomic E-state index is 0.126. The molecule has 4 nitrogen and oxygen atoms in total. The molecule has 3 rings (SSSR count). The number of hydrogen-bond acceptors (Lipinski definition) is 4. The van der Waals surface area contributed by atoms with Crippen LogP contribution < -0.4 is 0 Å². The molecule has 0 fully saturated rings. The van der Waals surface area contributed by atoms with Crippen molar-refractivity contribution < 1.29 is 22.3 Å². The number of halogens is 4. The summed E-state index contributed by atoms with van der Waals surface area (Å²) < 4.78 is 58.1. The number of pyridine rings is 1. The van der Waals surface area contributed by atoms with E-state index in [9.17, 15) is 17.6 Å². The van der Waals surface area contributed by atoms with Gasteiger partial charge in [-0.1, -0.05) is 25.1 Å². The Morgan fingerprint density at radius 2 is 1.70 bits per heavy atom. The molecule has 0 amide bonds. The molecule has 2 aromatic heterocycles. The van der Waals surface area contributed by atoms with Gasteiger partial charge in [0.2, 0.25) is 0 Å². The monoisotopic (exact) mass is 419 g/mol. The molecule has 0 bridgehead atoms. The molecule has 0 saturated heterocycles. The SMILES string of the molecule is CCOC(CC)(c1cncnc1)c1ccc(-c2ccc(CC(F)(F)F)cc2F)cn1. The molecule has 2 heterocycles. The van der Waals surface area contributed by atoms with E-state index in [1.165, 1.54) is 24.7 Å². The molecule has 0 N–H and O–H groups in total. The van der Waals surface area contributed by atoms with Gasteiger partial charge < -0.3 is 4.74 Å². The first-order valence-electron chi connectivity index (χ1n) is 9.50. The van der Waals surface area contributed by atoms with Crippen molar-refractivity contribution in [1.82, 2.24) is 15.0 Å². The second kappa shape index (κ2) is 8.87. The largest absolute Gasteiger partial charge is 0.393 e. The van der Waals surface area contributed by atoms with Gasteiger partial charge in [0.1, 0.15) is 17.7 Å². The van der Waals surface area contributed by atoms with E-state index in [0.717, 1.165) is 11.6 Å². The Morgan fingerprint density at radius 1 is 0.967 bits per heavy atom. The van der Waals surface area contributed by atoms with Gasteiger partial charge in [-0.2, -0.15) is 13.2 Å². The first kappa shape index (κ1) is 21.8. The summed E-state index contributed by atoms with van der Waals surface area (Å²) in [7, 11) is 0. The van der Waals surface area contributed by atoms with Crippen LogP contribution >= 0.6 is 0 Å². The summed E-state index contributed by atoms with van der Waals surface area (Å²) in [5.41, 5.74) is 1.02. The molecule has 0 spiro atoms. The van der Waals surface area contributed by atoms with Crippen LogP contribution in [-0.2, 0) is 16.8 Å². The van der Waals surface area contributed by atoms with Gasteiger partial charge in [-0.25, -0.2) is 14.4 Å². The summed E-state index contributed by atoms with van der Waals surface area (Å²) >= 11 is 0. The van der Waals surface area contributed by atoms with Crippen molar-refractivity contribution in [1.29, 1.82) is 0 Å². The third-order valence-corrected chi connectivity index (χ3v) is 4.84. The van der Waals surface area contributed by atoms with E-state index >= 15 is 0 Å². The number of rotatable bonds is 7. The number of hydrogen-bond donors (Lipinski definition) is 0. The van der Waals surface area contributed by atoms with Crippen LogP contribution in [0.4, 0.5) is 17.6 Å². The van der Waals surface area contributed by atoms with E-state index in [-0.39, 0.29) is 11.1 Å². The fourth-order valence-electron chi connectivity index (χ4n) is 3.47. The first-order valence-corrected chi connectivity index (χ1v) is 9.50. The molecule has 0 aliphatic heterocycles. The van der Waals surface area contributed by atoms with E-state index in [4.69, 9.17) is 4.74 Å². The number of aromatic nitrogens is 3. The maximum absolute atomic E-state index is 14.5. The van der Waals surface area contributed by atoms with Gasteiger partial charge in [-0.15, -0.1) is 0 Å². The molecule has 0 aliphatic rings. The van der Waals surface area contributed by atoms with Crippen molar-refractivity contribution in [2.24, 2.45) is 0 Å². The summed E-state index contributed by atoms with van der Waals surface area (Å²) in [6.45, 7) is 4.26. The highest BCUT2D eigenvalue weighted by atomic mass is 19.4. The molecule has 1 atom stereocenters. The highest BCUT2D eigenvalue weighted by Gasteiger charge is 2.35. The number of ether oxygens (including phenoxy) is 1. The number of nitrogens with zero attached hydrogens (tertiary/aromatic N) is 3. The first-order chi connectivity index (χ1) is 14.3. The lowest BCUT2D eigenvalue weighted by atomic mass is 9.88. The van der Waals surface area contributed by atoms with Crippen molar-refractivity contribution in [3.05, 3.63) is 77.9 Å². The smallest absolute Gasteiger partial charge is 0.364 e. The van der Waals surface area contributed by atoms with Crippen molar-refractivity contribution in [2.45, 2.75) is 38.5 Å². The van der Waals surface area contributed by atoms with Crippen LogP contribution in [0.5, 0.6) is 0 Å². The number of alkyl halides is 3. The predicted molar refractivity (Wildman–Crippen MR) is 104 cm³/mol. The number of benzene rings is 1. The maximum Gasteiger partial charge on any atom is 0.393 e. The molecular weight excluding hydrogens is 398 g/mol. The molecule has 30 heavy (non-hydrogen) atoms. The van der Waals surface area contributed by atoms with Crippen LogP contribution in [0.25, 0.3) is 11.1 Å². The maximum atomic E-state index is 14.5. The second-order valence-electron chi connectivity index (χ2n) is 6.78. The second-order valence-corrected chi connectivity index (χ2v) is 6.78. The van der Waals surface area contributed by atoms with E-state index in [0.29, 0.717) is 24.3 Å². The average Bonchev–Trinajstić information content (AvgIpc) is 2.72. The van der Waals surface area contributed by atoms with E-state index in [2.05, 4.69) is 15.0 Å². The Kier molecular flexibility index (Phi) is 6.45. The highest BCUT2D eigenvalue weighted by molar-refractivity contribution is 5.64. The summed E-state index contributed by atoms with van der Waals surface area (Å²) in [6, 6.07) is 6.93. The van der Waals surface area contributed by atoms with E-state index in [1.54, 1.807) is 24.5 Å². The minimum atomic E-state index is -4.39. The molecule has 8 heteroatoms. The lowest BCUT2D eigenvalue weighted by Crippen LogP contribution is -2.32. The van der Waals surface area contributed by atoms with Crippen LogP contribution in [0.15, 0.2) is 55.2 Å². The summed E-state index contributed by atoms with van der Waals surface area (Å²) in [5.74, 6) is -0.727. The Bertz CT molecular complexity index is 978. The van der Waals surface area contributed by atoms with Crippen LogP contribution in [0, 0.1) is 5.82 Å². The average molecular weight is 419 g/mol. The van der Waals surface area contributed by atoms with Crippen LogP contribution in [-0.4, -0.2) is 27.7 Å². The Hall–Kier alpha value is -2.87. The summed E-state index contributed by atoms with van der Waals surface area (Å²) in [6.07, 6.45) is 1.26. The molecule has 1 aromatic carbocycles. The van der Waals surface area contributed by atoms with E-state index in [1.807, 2.05) is 13.8 Å². The van der Waals surface area contributed by atoms with Gasteiger partial charge in [-0.05, 0) is 31.0 Å². The fraction of sp³-hybridized carbons (Fsp3) is 0.318. The predicted octanol–water partition coefficient (Wildman–Crippen LogP) is 5.47. The van der Waals surface area contributed by atoms with Crippen LogP contribution in [0.2, 0.25) is 0 Å². The molecular formula is C22H21F4N3O. The zero-order valence-corrected chi connectivity index (χ0v) is 16.6. The molecule has 1 unspecified atom stereocenters. The van der Waals surface area contributed by atoms with Crippen molar-refractivity contribution >= 4 is 0 Å². The molecule has 0 radical (unpaired) electrons. The summed E-state index contributed by atoms with van der Waals surface area (Å²) in [4.78, 5) is 12.6. The van der Waals surface area contributed by atoms with Gasteiger partial charge in [0.15, 0.2) is 0 Å². The van der Waals surface area contributed by atoms with Gasteiger partial charge in [0.05, 0.1) is 12.1 Å². The molecule has 0 saturated carbocycles. The standard InChI is InChI=1S/C22H21F4N3O/c1-3-21(30-4-2,17-12-27-14-28-13-17)20-8-6-16(11-29-20)18-7-5-15(9-19(18)23)10-22(24,25)26/h5-9,11-14H,3-4,10H2,1-2H3. The minimum Gasteiger partial charge on any atom is -0.364 e. The van der Waals surface area contributed by atoms with E-state index < -0.39 is 24.0 Å². The summed E-state index contributed by atoms with van der Waals surface area (Å²) in [5, 5.41) is 0. The lowest BCUT2D eigenvalue weighted by molar-refractivity contribution is -0.127. The zero-order chi connectivity index (χ0) is 21.8. The van der Waals surface area contributed by atoms with Gasteiger partial charge in [0.25, 0.3) is 0 Å². The molecule has 3 aromatic rings. The van der Waals surface area contributed by atoms with Gasteiger partial charge in [-0.3, -0.25) is 4.98 Å². The Balaban J connectivity index is 1.95. The van der Waals surface area contributed by atoms with Crippen molar-refractivity contribution in [3.8, 4) is 11.1 Å². The van der Waals surface area contributed by atoms with Crippen LogP contribution in [0.1, 0.15) is 37.1 Å². The molecule has 0 aliphatic carbocycles. The third-order valence-electron chi connectivity index (χ3n) is 4.84. The van der Waals surface area contributed by atoms with Crippen molar-refractivity contribution in [3.63, 3.8) is 0 Å². The van der Waals surface area contributed by atoms with Gasteiger partial charge >= 0.3 is 6.18 Å². The topological polar surface area (TPSA) is 47.9 Å². The zero-order valence-electron chi connectivity index (χ0n) is 16.6. The normalized spacial score (nSPS) is 13.8. The quantitative estimate of drug-likeness (QED) is 0.477. The lowest BCUT2D eigenvalue weighted by Gasteiger charge is -2.32. The highest BCUT2D eigenvalue weighted by Crippen LogP contribution is 2.36. The van der Waals surface area contributed by atoms with Gasteiger partial charge in [0, 0.05) is 41.9 Å². The van der Waals surface area contributed by atoms with Crippen molar-refractivity contribution in [2.75, 3.05) is 6.61 Å². The molecule has 158 valence electrons. The van der Waals surface area contributed by atoms with Crippen LogP contribution in [0.3, 0.4) is 0 Å². The third kappa shape index (κ3) is 4.64.